The molecule has 2 saturated heterocycles. The van der Waals surface area contributed by atoms with Gasteiger partial charge in [0, 0.05) is 11.5 Å². The second-order valence-electron chi connectivity index (χ2n) is 9.68. The number of aliphatic carboxylic acids is 1. The summed E-state index contributed by atoms with van der Waals surface area (Å²) in [6, 6.07) is 6.47. The van der Waals surface area contributed by atoms with E-state index in [4.69, 9.17) is 9.47 Å². The van der Waals surface area contributed by atoms with Crippen LogP contribution in [0, 0.1) is 5.92 Å². The SMILES string of the molecule is CN1CC[C@]23CCCCC2C1Cc1ccc(OC2OC(C(=O)O)C(O)C(O)C2O)cc13. The summed E-state index contributed by atoms with van der Waals surface area (Å²) in [5, 5.41) is 39.5. The van der Waals surface area contributed by atoms with Crippen molar-refractivity contribution in [3.63, 3.8) is 0 Å². The molecule has 5 rings (SSSR count). The fourth-order valence-corrected chi connectivity index (χ4v) is 6.53. The Morgan fingerprint density at radius 1 is 1.16 bits per heavy atom. The Morgan fingerprint density at radius 3 is 2.74 bits per heavy atom. The van der Waals surface area contributed by atoms with E-state index in [1.54, 1.807) is 0 Å². The molecule has 1 saturated carbocycles. The maximum absolute atomic E-state index is 11.4. The van der Waals surface area contributed by atoms with Gasteiger partial charge in [-0.1, -0.05) is 18.9 Å². The molecule has 2 aliphatic heterocycles. The number of hydrogen-bond donors (Lipinski definition) is 4. The molecule has 1 aromatic carbocycles. The minimum atomic E-state index is -1.73. The fraction of sp³-hybridized carbons (Fsp3) is 0.696. The summed E-state index contributed by atoms with van der Waals surface area (Å²) in [6.45, 7) is 1.07. The molecule has 0 radical (unpaired) electrons. The Labute approximate surface area is 181 Å². The van der Waals surface area contributed by atoms with Crippen LogP contribution in [-0.2, 0) is 21.4 Å². The number of carboxylic acids is 1. The van der Waals surface area contributed by atoms with Crippen LogP contribution in [0.2, 0.25) is 0 Å². The Morgan fingerprint density at radius 2 is 1.97 bits per heavy atom. The highest BCUT2D eigenvalue weighted by atomic mass is 16.7. The molecule has 3 fully saturated rings. The number of likely N-dealkylation sites (tertiary alicyclic amines) is 1. The van der Waals surface area contributed by atoms with E-state index in [9.17, 15) is 25.2 Å². The van der Waals surface area contributed by atoms with E-state index in [0.29, 0.717) is 17.7 Å². The largest absolute Gasteiger partial charge is 0.479 e. The molecule has 2 bridgehead atoms. The normalized spacial score (nSPS) is 42.4. The maximum atomic E-state index is 11.4. The molecule has 31 heavy (non-hydrogen) atoms. The smallest absolute Gasteiger partial charge is 0.335 e. The molecule has 0 aromatic heterocycles. The molecule has 0 amide bonds. The van der Waals surface area contributed by atoms with Gasteiger partial charge in [-0.25, -0.2) is 4.79 Å². The predicted octanol–water partition coefficient (Wildman–Crippen LogP) is 0.646. The number of piperidine rings is 1. The Balaban J connectivity index is 1.45. The Bertz CT molecular complexity index is 862. The minimum Gasteiger partial charge on any atom is -0.479 e. The van der Waals surface area contributed by atoms with Crippen LogP contribution < -0.4 is 4.74 Å². The lowest BCUT2D eigenvalue weighted by molar-refractivity contribution is -0.271. The molecule has 170 valence electrons. The van der Waals surface area contributed by atoms with Crippen LogP contribution >= 0.6 is 0 Å². The van der Waals surface area contributed by atoms with Crippen LogP contribution in [0.5, 0.6) is 5.75 Å². The van der Waals surface area contributed by atoms with E-state index in [0.717, 1.165) is 25.8 Å². The van der Waals surface area contributed by atoms with Crippen molar-refractivity contribution in [1.82, 2.24) is 4.90 Å². The lowest BCUT2D eigenvalue weighted by atomic mass is 9.52. The number of aliphatic hydroxyl groups is 3. The van der Waals surface area contributed by atoms with Gasteiger partial charge in [-0.2, -0.15) is 0 Å². The van der Waals surface area contributed by atoms with Gasteiger partial charge in [0.1, 0.15) is 24.1 Å². The second-order valence-corrected chi connectivity index (χ2v) is 9.68. The first-order valence-electron chi connectivity index (χ1n) is 11.2. The number of carboxylic acid groups (broad SMARTS) is 1. The average molecular weight is 434 g/mol. The molecule has 8 heteroatoms. The number of carbonyl (C=O) groups is 1. The van der Waals surface area contributed by atoms with E-state index >= 15 is 0 Å². The van der Waals surface area contributed by atoms with Crippen molar-refractivity contribution in [3.8, 4) is 5.75 Å². The van der Waals surface area contributed by atoms with Gasteiger partial charge >= 0.3 is 5.97 Å². The summed E-state index contributed by atoms with van der Waals surface area (Å²) >= 11 is 0. The van der Waals surface area contributed by atoms with E-state index in [1.165, 1.54) is 30.4 Å². The zero-order valence-electron chi connectivity index (χ0n) is 17.7. The molecular formula is C23H31NO7. The van der Waals surface area contributed by atoms with E-state index < -0.39 is 36.7 Å². The maximum Gasteiger partial charge on any atom is 0.335 e. The van der Waals surface area contributed by atoms with Crippen LogP contribution in [0.4, 0.5) is 0 Å². The van der Waals surface area contributed by atoms with E-state index in [1.807, 2.05) is 12.1 Å². The summed E-state index contributed by atoms with van der Waals surface area (Å²) in [5.74, 6) is -0.321. The van der Waals surface area contributed by atoms with Crippen LogP contribution in [-0.4, -0.2) is 81.6 Å². The van der Waals surface area contributed by atoms with Crippen LogP contribution in [0.15, 0.2) is 18.2 Å². The third kappa shape index (κ3) is 3.27. The number of likely N-dealkylation sites (N-methyl/N-ethyl adjacent to an activating group) is 1. The lowest BCUT2D eigenvalue weighted by Gasteiger charge is -2.58. The van der Waals surface area contributed by atoms with Crippen molar-refractivity contribution in [2.75, 3.05) is 13.6 Å². The van der Waals surface area contributed by atoms with Crippen molar-refractivity contribution in [2.24, 2.45) is 5.92 Å². The highest BCUT2D eigenvalue weighted by Crippen LogP contribution is 2.56. The molecule has 8 atom stereocenters. The minimum absolute atomic E-state index is 0.133. The highest BCUT2D eigenvalue weighted by molar-refractivity contribution is 5.73. The van der Waals surface area contributed by atoms with Crippen LogP contribution in [0.1, 0.15) is 43.2 Å². The van der Waals surface area contributed by atoms with Gasteiger partial charge < -0.3 is 34.8 Å². The molecule has 0 spiro atoms. The molecule has 8 nitrogen and oxygen atoms in total. The Kier molecular flexibility index (Phi) is 5.26. The quantitative estimate of drug-likeness (QED) is 0.549. The van der Waals surface area contributed by atoms with Gasteiger partial charge in [0.2, 0.25) is 6.29 Å². The first-order valence-corrected chi connectivity index (χ1v) is 11.2. The zero-order valence-corrected chi connectivity index (χ0v) is 17.7. The summed E-state index contributed by atoms with van der Waals surface area (Å²) in [7, 11) is 2.23. The van der Waals surface area contributed by atoms with E-state index in [2.05, 4.69) is 18.0 Å². The molecule has 4 aliphatic rings. The number of fused-ring (bicyclic) bond motifs is 1. The number of ether oxygens (including phenoxy) is 2. The number of hydrogen-bond acceptors (Lipinski definition) is 7. The van der Waals surface area contributed by atoms with Gasteiger partial charge in [0.05, 0.1) is 0 Å². The first kappa shape index (κ1) is 21.2. The topological polar surface area (TPSA) is 120 Å². The van der Waals surface area contributed by atoms with Crippen molar-refractivity contribution in [2.45, 2.75) is 80.7 Å². The van der Waals surface area contributed by atoms with Gasteiger partial charge in [-0.15, -0.1) is 0 Å². The summed E-state index contributed by atoms with van der Waals surface area (Å²) in [4.78, 5) is 13.9. The van der Waals surface area contributed by atoms with Crippen molar-refractivity contribution in [3.05, 3.63) is 29.3 Å². The zero-order chi connectivity index (χ0) is 21.9. The van der Waals surface area contributed by atoms with Crippen molar-refractivity contribution >= 4 is 5.97 Å². The molecular weight excluding hydrogens is 402 g/mol. The highest BCUT2D eigenvalue weighted by Gasteiger charge is 2.53. The van der Waals surface area contributed by atoms with Crippen molar-refractivity contribution in [1.29, 1.82) is 0 Å². The van der Waals surface area contributed by atoms with Gasteiger partial charge in [-0.05, 0) is 68.5 Å². The van der Waals surface area contributed by atoms with Crippen molar-refractivity contribution < 1.29 is 34.7 Å². The average Bonchev–Trinajstić information content (AvgIpc) is 2.76. The summed E-state index contributed by atoms with van der Waals surface area (Å²) in [6.07, 6.45) is -1.03. The van der Waals surface area contributed by atoms with E-state index in [-0.39, 0.29) is 5.41 Å². The molecule has 7 unspecified atom stereocenters. The molecule has 4 N–H and O–H groups in total. The number of rotatable bonds is 3. The predicted molar refractivity (Wildman–Crippen MR) is 110 cm³/mol. The Hall–Kier alpha value is -1.71. The van der Waals surface area contributed by atoms with Gasteiger partial charge in [0.15, 0.2) is 6.10 Å². The third-order valence-electron chi connectivity index (χ3n) is 8.15. The molecule has 1 aromatic rings. The van der Waals surface area contributed by atoms with Gasteiger partial charge in [0.25, 0.3) is 0 Å². The summed E-state index contributed by atoms with van der Waals surface area (Å²) in [5.41, 5.74) is 2.76. The number of benzene rings is 1. The molecule has 2 heterocycles. The number of aliphatic hydroxyl groups excluding tert-OH is 3. The third-order valence-corrected chi connectivity index (χ3v) is 8.15. The molecule has 2 aliphatic carbocycles. The van der Waals surface area contributed by atoms with Gasteiger partial charge in [-0.3, -0.25) is 0 Å². The monoisotopic (exact) mass is 433 g/mol. The number of nitrogens with zero attached hydrogens (tertiary/aromatic N) is 1. The van der Waals surface area contributed by atoms with Crippen LogP contribution in [0.3, 0.4) is 0 Å². The summed E-state index contributed by atoms with van der Waals surface area (Å²) < 4.78 is 11.2. The first-order chi connectivity index (χ1) is 14.8. The lowest BCUT2D eigenvalue weighted by Crippen LogP contribution is -2.61. The standard InChI is InChI=1S/C23H31NO7/c1-24-9-8-23-7-3-2-4-14(23)16(24)10-12-5-6-13(11-15(12)23)30-22-19(27)17(25)18(26)20(31-22)21(28)29/h5-6,11,14,16-20,22,25-27H,2-4,7-10H2,1H3,(H,28,29)/t14?,16?,17?,18?,19?,20?,22?,23-/m1/s1. The van der Waals surface area contributed by atoms with Crippen LogP contribution in [0.25, 0.3) is 0 Å². The second kappa shape index (κ2) is 7.71. The fourth-order valence-electron chi connectivity index (χ4n) is 6.53.